The Labute approximate surface area is 104 Å². The third-order valence-electron chi connectivity index (χ3n) is 1.93. The van der Waals surface area contributed by atoms with E-state index >= 15 is 0 Å². The predicted octanol–water partition coefficient (Wildman–Crippen LogP) is 2.99. The summed E-state index contributed by atoms with van der Waals surface area (Å²) in [5, 5.41) is 8.50. The largest absolute Gasteiger partial charge is 0.573 e. The van der Waals surface area contributed by atoms with E-state index in [1.165, 1.54) is 0 Å². The van der Waals surface area contributed by atoms with Gasteiger partial charge in [-0.2, -0.15) is 5.26 Å². The van der Waals surface area contributed by atoms with Gasteiger partial charge in [-0.25, -0.2) is 13.8 Å². The van der Waals surface area contributed by atoms with E-state index in [1.807, 2.05) is 0 Å². The van der Waals surface area contributed by atoms with Crippen molar-refractivity contribution in [2.75, 3.05) is 7.11 Å². The number of halogens is 5. The highest BCUT2D eigenvalue weighted by Gasteiger charge is 2.34. The van der Waals surface area contributed by atoms with Crippen LogP contribution in [0, 0.1) is 11.3 Å². The highest BCUT2D eigenvalue weighted by molar-refractivity contribution is 5.46. The van der Waals surface area contributed by atoms with E-state index in [1.54, 1.807) is 6.07 Å². The summed E-state index contributed by atoms with van der Waals surface area (Å²) in [4.78, 5) is 3.38. The first kappa shape index (κ1) is 14.9. The second-order valence-electron chi connectivity index (χ2n) is 3.21. The SMILES string of the molecule is COc1c(OC(F)(F)F)cc(C(F)F)nc1CC#N. The zero-order chi connectivity index (χ0) is 14.6. The standard InChI is InChI=1S/C10H7F5N2O2/c1-18-8-5(2-3-16)17-6(9(11)12)4-7(8)19-10(13,14)15/h4,9H,2H2,1H3. The fourth-order valence-corrected chi connectivity index (χ4v) is 1.31. The lowest BCUT2D eigenvalue weighted by atomic mass is 10.2. The Bertz CT molecular complexity index is 496. The summed E-state index contributed by atoms with van der Waals surface area (Å²) in [6.45, 7) is 0. The van der Waals surface area contributed by atoms with Crippen molar-refractivity contribution < 1.29 is 31.4 Å². The molecule has 0 fully saturated rings. The number of rotatable bonds is 4. The molecule has 0 atom stereocenters. The van der Waals surface area contributed by atoms with Crippen LogP contribution in [0.5, 0.6) is 11.5 Å². The molecule has 0 saturated heterocycles. The van der Waals surface area contributed by atoms with Crippen LogP contribution in [-0.2, 0) is 6.42 Å². The molecule has 0 N–H and O–H groups in total. The van der Waals surface area contributed by atoms with Gasteiger partial charge in [-0.15, -0.1) is 13.2 Å². The van der Waals surface area contributed by atoms with Gasteiger partial charge in [0.2, 0.25) is 0 Å². The summed E-state index contributed by atoms with van der Waals surface area (Å²) in [5.74, 6) is -1.45. The molecule has 104 valence electrons. The van der Waals surface area contributed by atoms with E-state index in [9.17, 15) is 22.0 Å². The van der Waals surface area contributed by atoms with Gasteiger partial charge in [-0.3, -0.25) is 0 Å². The fourth-order valence-electron chi connectivity index (χ4n) is 1.31. The van der Waals surface area contributed by atoms with Crippen LogP contribution >= 0.6 is 0 Å². The van der Waals surface area contributed by atoms with Crippen LogP contribution in [0.4, 0.5) is 22.0 Å². The smallest absolute Gasteiger partial charge is 0.491 e. The van der Waals surface area contributed by atoms with Gasteiger partial charge < -0.3 is 9.47 Å². The molecule has 4 nitrogen and oxygen atoms in total. The molecule has 0 radical (unpaired) electrons. The van der Waals surface area contributed by atoms with E-state index in [-0.39, 0.29) is 5.69 Å². The van der Waals surface area contributed by atoms with E-state index < -0.39 is 36.4 Å². The number of nitriles is 1. The number of methoxy groups -OCH3 is 1. The molecule has 0 saturated carbocycles. The summed E-state index contributed by atoms with van der Waals surface area (Å²) in [7, 11) is 1.02. The van der Waals surface area contributed by atoms with Crippen LogP contribution in [0.15, 0.2) is 6.07 Å². The molecule has 19 heavy (non-hydrogen) atoms. The molecule has 0 amide bonds. The molecular weight excluding hydrogens is 275 g/mol. The van der Waals surface area contributed by atoms with Gasteiger partial charge in [0, 0.05) is 6.07 Å². The van der Waals surface area contributed by atoms with Gasteiger partial charge in [0.05, 0.1) is 19.6 Å². The van der Waals surface area contributed by atoms with Crippen molar-refractivity contribution in [1.29, 1.82) is 5.26 Å². The Morgan fingerprint density at radius 3 is 2.47 bits per heavy atom. The van der Waals surface area contributed by atoms with Crippen molar-refractivity contribution in [3.05, 3.63) is 17.5 Å². The van der Waals surface area contributed by atoms with Gasteiger partial charge >= 0.3 is 6.36 Å². The summed E-state index contributed by atoms with van der Waals surface area (Å²) in [6.07, 6.45) is -8.66. The molecule has 9 heteroatoms. The minimum Gasteiger partial charge on any atom is -0.491 e. The number of pyridine rings is 1. The summed E-state index contributed by atoms with van der Waals surface area (Å²) < 4.78 is 69.7. The zero-order valence-corrected chi connectivity index (χ0v) is 9.46. The number of hydrogen-bond donors (Lipinski definition) is 0. The quantitative estimate of drug-likeness (QED) is 0.797. The van der Waals surface area contributed by atoms with Gasteiger partial charge in [-0.05, 0) is 0 Å². The van der Waals surface area contributed by atoms with Crippen molar-refractivity contribution in [2.24, 2.45) is 0 Å². The molecule has 0 aliphatic carbocycles. The minimum atomic E-state index is -5.07. The van der Waals surface area contributed by atoms with Gasteiger partial charge in [0.15, 0.2) is 11.5 Å². The second-order valence-corrected chi connectivity index (χ2v) is 3.21. The van der Waals surface area contributed by atoms with Crippen molar-refractivity contribution in [3.63, 3.8) is 0 Å². The fraction of sp³-hybridized carbons (Fsp3) is 0.400. The number of aromatic nitrogens is 1. The second kappa shape index (κ2) is 5.69. The predicted molar refractivity (Wildman–Crippen MR) is 51.7 cm³/mol. The topological polar surface area (TPSA) is 55.1 Å². The third-order valence-corrected chi connectivity index (χ3v) is 1.93. The number of nitrogens with zero attached hydrogens (tertiary/aromatic N) is 2. The molecule has 1 rings (SSSR count). The van der Waals surface area contributed by atoms with Crippen LogP contribution in [0.25, 0.3) is 0 Å². The Morgan fingerprint density at radius 1 is 1.42 bits per heavy atom. The van der Waals surface area contributed by atoms with Crippen molar-refractivity contribution >= 4 is 0 Å². The lowest BCUT2D eigenvalue weighted by molar-refractivity contribution is -0.275. The van der Waals surface area contributed by atoms with E-state index in [4.69, 9.17) is 5.26 Å². The first-order chi connectivity index (χ1) is 8.78. The monoisotopic (exact) mass is 282 g/mol. The molecule has 1 aromatic heterocycles. The van der Waals surface area contributed by atoms with Crippen molar-refractivity contribution in [3.8, 4) is 17.6 Å². The average Bonchev–Trinajstić information content (AvgIpc) is 2.26. The molecule has 0 unspecified atom stereocenters. The lowest BCUT2D eigenvalue weighted by Crippen LogP contribution is -2.18. The van der Waals surface area contributed by atoms with Gasteiger partial charge in [0.25, 0.3) is 6.43 Å². The minimum absolute atomic E-state index is 0.345. The number of alkyl halides is 5. The Hall–Kier alpha value is -2.11. The average molecular weight is 282 g/mol. The Balaban J connectivity index is 3.36. The molecule has 0 aromatic carbocycles. The maximum Gasteiger partial charge on any atom is 0.573 e. The molecular formula is C10H7F5N2O2. The highest BCUT2D eigenvalue weighted by Crippen LogP contribution is 2.37. The number of ether oxygens (including phenoxy) is 2. The molecule has 1 aromatic rings. The van der Waals surface area contributed by atoms with E-state index in [0.29, 0.717) is 6.07 Å². The van der Waals surface area contributed by atoms with Crippen molar-refractivity contribution in [1.82, 2.24) is 4.98 Å². The molecule has 0 bridgehead atoms. The van der Waals surface area contributed by atoms with Crippen LogP contribution < -0.4 is 9.47 Å². The zero-order valence-electron chi connectivity index (χ0n) is 9.46. The molecule has 0 spiro atoms. The van der Waals surface area contributed by atoms with Crippen LogP contribution in [0.1, 0.15) is 17.8 Å². The van der Waals surface area contributed by atoms with Gasteiger partial charge in [0.1, 0.15) is 11.4 Å². The van der Waals surface area contributed by atoms with Crippen LogP contribution in [0.3, 0.4) is 0 Å². The molecule has 0 aliphatic rings. The normalized spacial score (nSPS) is 11.3. The maximum absolute atomic E-state index is 12.5. The summed E-state index contributed by atoms with van der Waals surface area (Å²) >= 11 is 0. The summed E-state index contributed by atoms with van der Waals surface area (Å²) in [6, 6.07) is 2.02. The van der Waals surface area contributed by atoms with E-state index in [0.717, 1.165) is 7.11 Å². The highest BCUT2D eigenvalue weighted by atomic mass is 19.4. The number of hydrogen-bond acceptors (Lipinski definition) is 4. The lowest BCUT2D eigenvalue weighted by Gasteiger charge is -2.15. The Kier molecular flexibility index (Phi) is 4.47. The van der Waals surface area contributed by atoms with Gasteiger partial charge in [-0.1, -0.05) is 0 Å². The first-order valence-electron chi connectivity index (χ1n) is 4.77. The summed E-state index contributed by atoms with van der Waals surface area (Å²) in [5.41, 5.74) is -1.27. The Morgan fingerprint density at radius 2 is 2.05 bits per heavy atom. The molecule has 0 aliphatic heterocycles. The van der Waals surface area contributed by atoms with Crippen LogP contribution in [-0.4, -0.2) is 18.5 Å². The maximum atomic E-state index is 12.5. The first-order valence-corrected chi connectivity index (χ1v) is 4.77. The van der Waals surface area contributed by atoms with Crippen LogP contribution in [0.2, 0.25) is 0 Å². The van der Waals surface area contributed by atoms with Crippen molar-refractivity contribution in [2.45, 2.75) is 19.2 Å². The van der Waals surface area contributed by atoms with E-state index in [2.05, 4.69) is 14.5 Å². The molecule has 1 heterocycles. The third kappa shape index (κ3) is 3.94.